The highest BCUT2D eigenvalue weighted by Crippen LogP contribution is 2.23. The fourth-order valence-electron chi connectivity index (χ4n) is 2.84. The third-order valence-corrected chi connectivity index (χ3v) is 4.49. The predicted molar refractivity (Wildman–Crippen MR) is 92.9 cm³/mol. The van der Waals surface area contributed by atoms with E-state index >= 15 is 0 Å². The Bertz CT molecular complexity index is 485. The van der Waals surface area contributed by atoms with E-state index in [4.69, 9.17) is 16.3 Å². The van der Waals surface area contributed by atoms with Gasteiger partial charge in [-0.2, -0.15) is 0 Å². The Morgan fingerprint density at radius 3 is 2.43 bits per heavy atom. The number of carbonyl (C=O) groups is 1. The van der Waals surface area contributed by atoms with Crippen LogP contribution in [0.3, 0.4) is 0 Å². The van der Waals surface area contributed by atoms with Gasteiger partial charge in [0.1, 0.15) is 0 Å². The average Bonchev–Trinajstić information content (AvgIpc) is 2.58. The number of morpholine rings is 1. The van der Waals surface area contributed by atoms with Gasteiger partial charge in [-0.25, -0.2) is 4.79 Å². The Hall–Kier alpha value is -1.30. The number of amides is 2. The number of halogens is 1. The Labute approximate surface area is 143 Å². The van der Waals surface area contributed by atoms with Gasteiger partial charge in [-0.1, -0.05) is 23.7 Å². The molecule has 1 fully saturated rings. The second-order valence-electron chi connectivity index (χ2n) is 5.57. The molecule has 1 N–H and O–H groups in total. The fraction of sp³-hybridized carbons (Fsp3) is 0.588. The summed E-state index contributed by atoms with van der Waals surface area (Å²) in [6.45, 7) is 9.18. The number of ether oxygens (including phenoxy) is 1. The maximum absolute atomic E-state index is 12.2. The maximum atomic E-state index is 12.2. The van der Waals surface area contributed by atoms with Crippen LogP contribution >= 0.6 is 11.6 Å². The van der Waals surface area contributed by atoms with Gasteiger partial charge < -0.3 is 15.0 Å². The Morgan fingerprint density at radius 1 is 1.26 bits per heavy atom. The van der Waals surface area contributed by atoms with Crippen LogP contribution in [0.2, 0.25) is 5.02 Å². The van der Waals surface area contributed by atoms with E-state index in [-0.39, 0.29) is 12.1 Å². The molecule has 0 aliphatic carbocycles. The molecule has 0 radical (unpaired) electrons. The molecule has 23 heavy (non-hydrogen) atoms. The van der Waals surface area contributed by atoms with Crippen molar-refractivity contribution < 1.29 is 9.53 Å². The molecule has 1 aromatic carbocycles. The Kier molecular flexibility index (Phi) is 7.15. The third kappa shape index (κ3) is 5.09. The first-order valence-corrected chi connectivity index (χ1v) is 8.63. The summed E-state index contributed by atoms with van der Waals surface area (Å²) in [7, 11) is 0. The van der Waals surface area contributed by atoms with Gasteiger partial charge in [0.15, 0.2) is 0 Å². The van der Waals surface area contributed by atoms with Gasteiger partial charge in [0, 0.05) is 37.7 Å². The lowest BCUT2D eigenvalue weighted by molar-refractivity contribution is 0.0165. The van der Waals surface area contributed by atoms with Crippen LogP contribution in [0.1, 0.15) is 25.5 Å². The molecule has 5 nitrogen and oxygen atoms in total. The minimum absolute atomic E-state index is 0.0118. The summed E-state index contributed by atoms with van der Waals surface area (Å²) >= 11 is 6.00. The fourth-order valence-corrected chi connectivity index (χ4v) is 2.96. The van der Waals surface area contributed by atoms with E-state index in [0.717, 1.165) is 36.9 Å². The van der Waals surface area contributed by atoms with Crippen molar-refractivity contribution in [2.75, 3.05) is 45.9 Å². The van der Waals surface area contributed by atoms with Crippen LogP contribution in [0.5, 0.6) is 0 Å². The van der Waals surface area contributed by atoms with E-state index in [2.05, 4.69) is 10.2 Å². The monoisotopic (exact) mass is 339 g/mol. The average molecular weight is 340 g/mol. The molecule has 0 aromatic heterocycles. The number of nitrogens with one attached hydrogen (secondary N) is 1. The van der Waals surface area contributed by atoms with Crippen molar-refractivity contribution in [3.63, 3.8) is 0 Å². The summed E-state index contributed by atoms with van der Waals surface area (Å²) in [5, 5.41) is 3.79. The van der Waals surface area contributed by atoms with Crippen molar-refractivity contribution in [1.82, 2.24) is 15.1 Å². The van der Waals surface area contributed by atoms with Gasteiger partial charge in [-0.15, -0.1) is 0 Å². The summed E-state index contributed by atoms with van der Waals surface area (Å²) < 4.78 is 5.45. The molecular formula is C17H26ClN3O2. The van der Waals surface area contributed by atoms with Crippen LogP contribution < -0.4 is 5.32 Å². The Morgan fingerprint density at radius 2 is 1.87 bits per heavy atom. The minimum atomic E-state index is -0.0118. The highest BCUT2D eigenvalue weighted by Gasteiger charge is 2.23. The molecule has 1 heterocycles. The zero-order valence-electron chi connectivity index (χ0n) is 13.9. The van der Waals surface area contributed by atoms with E-state index < -0.39 is 0 Å². The molecule has 2 amide bonds. The molecule has 0 bridgehead atoms. The molecule has 2 rings (SSSR count). The van der Waals surface area contributed by atoms with Crippen LogP contribution in [0.15, 0.2) is 24.3 Å². The Balaban J connectivity index is 2.07. The number of urea groups is 1. The summed E-state index contributed by atoms with van der Waals surface area (Å²) in [6.07, 6.45) is 0. The van der Waals surface area contributed by atoms with E-state index in [1.54, 1.807) is 4.90 Å². The first-order chi connectivity index (χ1) is 11.2. The van der Waals surface area contributed by atoms with Crippen LogP contribution in [-0.2, 0) is 4.74 Å². The van der Waals surface area contributed by atoms with Crippen LogP contribution in [0.4, 0.5) is 4.79 Å². The van der Waals surface area contributed by atoms with Crippen LogP contribution in [0.25, 0.3) is 0 Å². The van der Waals surface area contributed by atoms with E-state index in [0.29, 0.717) is 19.6 Å². The van der Waals surface area contributed by atoms with Gasteiger partial charge in [-0.3, -0.25) is 4.90 Å². The maximum Gasteiger partial charge on any atom is 0.317 e. The predicted octanol–water partition coefficient (Wildman–Crippen LogP) is 2.76. The molecule has 0 spiro atoms. The van der Waals surface area contributed by atoms with Gasteiger partial charge in [0.25, 0.3) is 0 Å². The number of carbonyl (C=O) groups excluding carboxylic acids is 1. The highest BCUT2D eigenvalue weighted by molar-refractivity contribution is 6.30. The number of benzene rings is 1. The molecule has 1 unspecified atom stereocenters. The van der Waals surface area contributed by atoms with E-state index in [1.165, 1.54) is 0 Å². The summed E-state index contributed by atoms with van der Waals surface area (Å²) in [6, 6.07) is 7.99. The first-order valence-electron chi connectivity index (χ1n) is 8.25. The number of hydrogen-bond acceptors (Lipinski definition) is 3. The molecule has 1 aliphatic rings. The molecule has 0 saturated carbocycles. The van der Waals surface area contributed by atoms with Gasteiger partial charge >= 0.3 is 6.03 Å². The summed E-state index contributed by atoms with van der Waals surface area (Å²) in [5.74, 6) is 0. The van der Waals surface area contributed by atoms with Crippen molar-refractivity contribution in [1.29, 1.82) is 0 Å². The lowest BCUT2D eigenvalue weighted by Crippen LogP contribution is -2.46. The number of rotatable bonds is 6. The van der Waals surface area contributed by atoms with Gasteiger partial charge in [-0.05, 0) is 31.5 Å². The second kappa shape index (κ2) is 9.11. The van der Waals surface area contributed by atoms with Crippen molar-refractivity contribution in [3.8, 4) is 0 Å². The standard InChI is InChI=1S/C17H26ClN3O2/c1-3-20(4-2)17(22)19-13-16(21-9-11-23-12-10-21)14-5-7-15(18)8-6-14/h5-8,16H,3-4,9-13H2,1-2H3,(H,19,22). The van der Waals surface area contributed by atoms with E-state index in [1.807, 2.05) is 38.1 Å². The quantitative estimate of drug-likeness (QED) is 0.866. The van der Waals surface area contributed by atoms with Crippen molar-refractivity contribution in [3.05, 3.63) is 34.9 Å². The zero-order valence-corrected chi connectivity index (χ0v) is 14.7. The zero-order chi connectivity index (χ0) is 16.7. The number of nitrogens with zero attached hydrogens (tertiary/aromatic N) is 2. The van der Waals surface area contributed by atoms with Crippen molar-refractivity contribution in [2.45, 2.75) is 19.9 Å². The van der Waals surface area contributed by atoms with Crippen molar-refractivity contribution >= 4 is 17.6 Å². The lowest BCUT2D eigenvalue weighted by atomic mass is 10.0. The molecule has 1 saturated heterocycles. The second-order valence-corrected chi connectivity index (χ2v) is 6.01. The lowest BCUT2D eigenvalue weighted by Gasteiger charge is -2.35. The smallest absolute Gasteiger partial charge is 0.317 e. The van der Waals surface area contributed by atoms with Crippen molar-refractivity contribution in [2.24, 2.45) is 0 Å². The molecular weight excluding hydrogens is 314 g/mol. The van der Waals surface area contributed by atoms with Gasteiger partial charge in [0.2, 0.25) is 0 Å². The highest BCUT2D eigenvalue weighted by atomic mass is 35.5. The molecule has 128 valence electrons. The SMILES string of the molecule is CCN(CC)C(=O)NCC(c1ccc(Cl)cc1)N1CCOCC1. The third-order valence-electron chi connectivity index (χ3n) is 4.24. The molecule has 1 atom stereocenters. The molecule has 6 heteroatoms. The largest absolute Gasteiger partial charge is 0.379 e. The number of hydrogen-bond donors (Lipinski definition) is 1. The first kappa shape index (κ1) is 18.0. The summed E-state index contributed by atoms with van der Waals surface area (Å²) in [5.41, 5.74) is 1.16. The van der Waals surface area contributed by atoms with Gasteiger partial charge in [0.05, 0.1) is 19.3 Å². The van der Waals surface area contributed by atoms with Crippen LogP contribution in [-0.4, -0.2) is 61.8 Å². The molecule has 1 aliphatic heterocycles. The molecule has 1 aromatic rings. The van der Waals surface area contributed by atoms with Crippen LogP contribution in [0, 0.1) is 0 Å². The minimum Gasteiger partial charge on any atom is -0.379 e. The summed E-state index contributed by atoms with van der Waals surface area (Å²) in [4.78, 5) is 16.4. The van der Waals surface area contributed by atoms with E-state index in [9.17, 15) is 4.79 Å². The topological polar surface area (TPSA) is 44.8 Å². The normalized spacial score (nSPS) is 16.8.